The molecule has 0 aliphatic heterocycles. The molecule has 0 saturated heterocycles. The van der Waals surface area contributed by atoms with Crippen LogP contribution in [-0.2, 0) is 10.1 Å². The van der Waals surface area contributed by atoms with Crippen LogP contribution < -0.4 is 0 Å². The fraction of sp³-hybridized carbons (Fsp3) is 1.00. The zero-order valence-corrected chi connectivity index (χ0v) is 20.2. The van der Waals surface area contributed by atoms with Crippen molar-refractivity contribution < 1.29 is 18.1 Å². The van der Waals surface area contributed by atoms with E-state index in [0.717, 1.165) is 51.4 Å². The number of aliphatic hydroxyl groups is 1. The van der Waals surface area contributed by atoms with Crippen molar-refractivity contribution in [3.8, 4) is 0 Å². The second kappa shape index (κ2) is 19.8. The van der Waals surface area contributed by atoms with Crippen LogP contribution in [0.4, 0.5) is 0 Å². The van der Waals surface area contributed by atoms with E-state index >= 15 is 0 Å². The van der Waals surface area contributed by atoms with E-state index in [1.54, 1.807) is 0 Å². The Morgan fingerprint density at radius 3 is 1.28 bits per heavy atom. The van der Waals surface area contributed by atoms with E-state index in [1.165, 1.54) is 64.2 Å². The smallest absolute Gasteiger partial charge is 0.267 e. The fourth-order valence-electron chi connectivity index (χ4n) is 3.96. The molecule has 0 aliphatic rings. The highest BCUT2D eigenvalue weighted by molar-refractivity contribution is 7.86. The van der Waals surface area contributed by atoms with Crippen LogP contribution >= 0.6 is 0 Å². The Morgan fingerprint density at radius 2 is 0.931 bits per heavy atom. The molecule has 29 heavy (non-hydrogen) atoms. The highest BCUT2D eigenvalue weighted by Crippen LogP contribution is 2.19. The predicted molar refractivity (Wildman–Crippen MR) is 125 cm³/mol. The summed E-state index contributed by atoms with van der Waals surface area (Å²) in [6.07, 6.45) is 21.5. The second-order valence-corrected chi connectivity index (χ2v) is 10.6. The van der Waals surface area contributed by atoms with Crippen LogP contribution in [0, 0.1) is 0 Å². The van der Waals surface area contributed by atoms with Crippen molar-refractivity contribution in [3.05, 3.63) is 0 Å². The monoisotopic (exact) mass is 434 g/mol. The molecule has 0 aromatic carbocycles. The first-order chi connectivity index (χ1) is 13.9. The molecule has 0 amide bonds. The molecule has 0 radical (unpaired) electrons. The largest absolute Gasteiger partial charge is 0.393 e. The highest BCUT2D eigenvalue weighted by atomic mass is 32.2. The normalized spacial score (nSPS) is 14.2. The molecule has 4 nitrogen and oxygen atoms in total. The van der Waals surface area contributed by atoms with Crippen molar-refractivity contribution >= 4 is 10.1 Å². The minimum atomic E-state index is -3.90. The maximum absolute atomic E-state index is 11.6. The molecule has 0 fully saturated rings. The average molecular weight is 435 g/mol. The van der Waals surface area contributed by atoms with Gasteiger partial charge >= 0.3 is 0 Å². The first kappa shape index (κ1) is 28.9. The van der Waals surface area contributed by atoms with Crippen LogP contribution in [0.25, 0.3) is 0 Å². The van der Waals surface area contributed by atoms with Gasteiger partial charge in [0.1, 0.15) is 0 Å². The Morgan fingerprint density at radius 1 is 0.586 bits per heavy atom. The SMILES string of the molecule is CCCCCCCCCC(CCCCCCCCCCCC(O)CC)S(=O)(=O)O. The molecular weight excluding hydrogens is 384 g/mol. The third kappa shape index (κ3) is 19.6. The Kier molecular flexibility index (Phi) is 19.7. The number of rotatable bonds is 22. The van der Waals surface area contributed by atoms with Gasteiger partial charge in [-0.3, -0.25) is 4.55 Å². The van der Waals surface area contributed by atoms with Gasteiger partial charge in [-0.15, -0.1) is 0 Å². The Labute approximate surface area is 182 Å². The summed E-state index contributed by atoms with van der Waals surface area (Å²) >= 11 is 0. The lowest BCUT2D eigenvalue weighted by atomic mass is 10.0. The van der Waals surface area contributed by atoms with E-state index in [0.29, 0.717) is 12.8 Å². The summed E-state index contributed by atoms with van der Waals surface area (Å²) in [7, 11) is -3.90. The van der Waals surface area contributed by atoms with Gasteiger partial charge in [-0.25, -0.2) is 0 Å². The predicted octanol–water partition coefficient (Wildman–Crippen LogP) is 7.45. The first-order valence-corrected chi connectivity index (χ1v) is 14.1. The third-order valence-corrected chi connectivity index (χ3v) is 7.40. The van der Waals surface area contributed by atoms with Gasteiger partial charge in [0.2, 0.25) is 0 Å². The Balaban J connectivity index is 3.63. The van der Waals surface area contributed by atoms with Crippen molar-refractivity contribution in [1.82, 2.24) is 0 Å². The minimum absolute atomic E-state index is 0.118. The summed E-state index contributed by atoms with van der Waals surface area (Å²) < 4.78 is 32.8. The van der Waals surface area contributed by atoms with Gasteiger partial charge in [-0.1, -0.05) is 117 Å². The molecule has 2 unspecified atom stereocenters. The molecule has 5 heteroatoms. The number of unbranched alkanes of at least 4 members (excludes halogenated alkanes) is 14. The lowest BCUT2D eigenvalue weighted by Crippen LogP contribution is -2.20. The molecule has 2 N–H and O–H groups in total. The Bertz CT molecular complexity index is 436. The number of aliphatic hydroxyl groups excluding tert-OH is 1. The van der Waals surface area contributed by atoms with Crippen LogP contribution in [0.15, 0.2) is 0 Å². The summed E-state index contributed by atoms with van der Waals surface area (Å²) in [6.45, 7) is 4.23. The van der Waals surface area contributed by atoms with Crippen molar-refractivity contribution in [2.75, 3.05) is 0 Å². The van der Waals surface area contributed by atoms with Crippen molar-refractivity contribution in [2.24, 2.45) is 0 Å². The molecule has 0 aromatic rings. The zero-order valence-electron chi connectivity index (χ0n) is 19.4. The van der Waals surface area contributed by atoms with Gasteiger partial charge in [0.25, 0.3) is 10.1 Å². The van der Waals surface area contributed by atoms with Gasteiger partial charge in [-0.2, -0.15) is 8.42 Å². The number of hydrogen-bond acceptors (Lipinski definition) is 3. The first-order valence-electron chi connectivity index (χ1n) is 12.6. The molecule has 0 heterocycles. The van der Waals surface area contributed by atoms with E-state index in [2.05, 4.69) is 6.92 Å². The van der Waals surface area contributed by atoms with Crippen molar-refractivity contribution in [2.45, 2.75) is 154 Å². The summed E-state index contributed by atoms with van der Waals surface area (Å²) in [4.78, 5) is 0. The van der Waals surface area contributed by atoms with Crippen molar-refractivity contribution in [3.63, 3.8) is 0 Å². The molecule has 0 aliphatic carbocycles. The molecular formula is C24H50O4S. The van der Waals surface area contributed by atoms with Crippen molar-refractivity contribution in [1.29, 1.82) is 0 Å². The van der Waals surface area contributed by atoms with Crippen LogP contribution in [-0.4, -0.2) is 29.4 Å². The van der Waals surface area contributed by atoms with Gasteiger partial charge < -0.3 is 5.11 Å². The topological polar surface area (TPSA) is 74.6 Å². The van der Waals surface area contributed by atoms with Gasteiger partial charge in [0.05, 0.1) is 11.4 Å². The molecule has 0 aromatic heterocycles. The number of hydrogen-bond donors (Lipinski definition) is 2. The van der Waals surface area contributed by atoms with Crippen LogP contribution in [0.3, 0.4) is 0 Å². The standard InChI is InChI=1S/C24H50O4S/c1-3-5-6-7-11-15-18-21-24(29(26,27)28)22-19-16-13-10-8-9-12-14-17-20-23(25)4-2/h23-25H,3-22H2,1-2H3,(H,26,27,28). The van der Waals surface area contributed by atoms with E-state index in [-0.39, 0.29) is 6.10 Å². The van der Waals surface area contributed by atoms with E-state index < -0.39 is 15.4 Å². The highest BCUT2D eigenvalue weighted by Gasteiger charge is 2.21. The summed E-state index contributed by atoms with van der Waals surface area (Å²) in [5.74, 6) is 0. The lowest BCUT2D eigenvalue weighted by Gasteiger charge is -2.13. The summed E-state index contributed by atoms with van der Waals surface area (Å²) in [5.41, 5.74) is 0. The fourth-order valence-corrected chi connectivity index (χ4v) is 4.89. The molecule has 0 spiro atoms. The van der Waals surface area contributed by atoms with E-state index in [1.807, 2.05) is 6.92 Å². The van der Waals surface area contributed by atoms with Gasteiger partial charge in [0, 0.05) is 0 Å². The maximum atomic E-state index is 11.6. The summed E-state index contributed by atoms with van der Waals surface area (Å²) in [5, 5.41) is 8.96. The summed E-state index contributed by atoms with van der Waals surface area (Å²) in [6, 6.07) is 0. The van der Waals surface area contributed by atoms with E-state index in [4.69, 9.17) is 0 Å². The zero-order chi connectivity index (χ0) is 21.8. The molecule has 0 rings (SSSR count). The van der Waals surface area contributed by atoms with Crippen LogP contribution in [0.2, 0.25) is 0 Å². The Hall–Kier alpha value is -0.130. The third-order valence-electron chi connectivity index (χ3n) is 6.09. The molecule has 0 bridgehead atoms. The maximum Gasteiger partial charge on any atom is 0.267 e. The minimum Gasteiger partial charge on any atom is -0.393 e. The van der Waals surface area contributed by atoms with E-state index in [9.17, 15) is 18.1 Å². The van der Waals surface area contributed by atoms with Gasteiger partial charge in [-0.05, 0) is 25.7 Å². The average Bonchev–Trinajstić information content (AvgIpc) is 2.68. The molecule has 0 saturated carbocycles. The quantitative estimate of drug-likeness (QED) is 0.137. The van der Waals surface area contributed by atoms with Crippen LogP contribution in [0.1, 0.15) is 142 Å². The van der Waals surface area contributed by atoms with Gasteiger partial charge in [0.15, 0.2) is 0 Å². The van der Waals surface area contributed by atoms with Crippen LogP contribution in [0.5, 0.6) is 0 Å². The lowest BCUT2D eigenvalue weighted by molar-refractivity contribution is 0.156. The second-order valence-electron chi connectivity index (χ2n) is 8.87. The molecule has 176 valence electrons. The molecule has 2 atom stereocenters.